The number of hydrogen-bond donors (Lipinski definition) is 3. The minimum absolute atomic E-state index is 0.146. The largest absolute Gasteiger partial charge is 0.489 e. The van der Waals surface area contributed by atoms with Crippen LogP contribution in [0.15, 0.2) is 11.1 Å². The average Bonchev–Trinajstić information content (AvgIpc) is 2.41. The fourth-order valence-corrected chi connectivity index (χ4v) is 2.52. The van der Waals surface area contributed by atoms with E-state index in [-0.39, 0.29) is 11.3 Å². The SMILES string of the molecule is COc1c(NCC2(O)CCC(C)(C)CC2)nc[nH]c1=O. The predicted molar refractivity (Wildman–Crippen MR) is 77.1 cm³/mol. The number of aromatic nitrogens is 2. The maximum atomic E-state index is 11.6. The number of H-pyrrole nitrogens is 1. The van der Waals surface area contributed by atoms with Gasteiger partial charge < -0.3 is 20.1 Å². The molecule has 6 heteroatoms. The third-order valence-electron chi connectivity index (χ3n) is 4.13. The molecule has 1 aliphatic rings. The van der Waals surface area contributed by atoms with E-state index in [9.17, 15) is 9.90 Å². The molecule has 1 saturated carbocycles. The molecule has 0 unspecified atom stereocenters. The van der Waals surface area contributed by atoms with Gasteiger partial charge in [-0.25, -0.2) is 4.98 Å². The minimum Gasteiger partial charge on any atom is -0.489 e. The van der Waals surface area contributed by atoms with E-state index in [1.807, 2.05) is 0 Å². The van der Waals surface area contributed by atoms with Gasteiger partial charge in [-0.2, -0.15) is 0 Å². The number of ether oxygens (including phenoxy) is 1. The molecule has 1 aromatic rings. The van der Waals surface area contributed by atoms with E-state index < -0.39 is 5.60 Å². The second-order valence-corrected chi connectivity index (χ2v) is 6.36. The van der Waals surface area contributed by atoms with Crippen molar-refractivity contribution in [3.63, 3.8) is 0 Å². The zero-order chi connectivity index (χ0) is 14.8. The van der Waals surface area contributed by atoms with E-state index in [2.05, 4.69) is 29.1 Å². The van der Waals surface area contributed by atoms with Gasteiger partial charge >= 0.3 is 0 Å². The normalized spacial score (nSPS) is 20.4. The summed E-state index contributed by atoms with van der Waals surface area (Å²) in [6.45, 7) is 4.82. The molecule has 20 heavy (non-hydrogen) atoms. The van der Waals surface area contributed by atoms with Crippen molar-refractivity contribution >= 4 is 5.82 Å². The van der Waals surface area contributed by atoms with Crippen molar-refractivity contribution in [3.05, 3.63) is 16.7 Å². The molecule has 0 radical (unpaired) electrons. The zero-order valence-electron chi connectivity index (χ0n) is 12.3. The molecule has 0 aromatic carbocycles. The number of nitrogens with one attached hydrogen (secondary N) is 2. The zero-order valence-corrected chi connectivity index (χ0v) is 12.3. The molecule has 1 heterocycles. The third-order valence-corrected chi connectivity index (χ3v) is 4.13. The lowest BCUT2D eigenvalue weighted by Gasteiger charge is -2.40. The van der Waals surface area contributed by atoms with E-state index in [4.69, 9.17) is 4.74 Å². The predicted octanol–water partition coefficient (Wildman–Crippen LogP) is 1.52. The Morgan fingerprint density at radius 2 is 2.05 bits per heavy atom. The minimum atomic E-state index is -0.745. The van der Waals surface area contributed by atoms with Gasteiger partial charge in [0.2, 0.25) is 5.75 Å². The van der Waals surface area contributed by atoms with Crippen molar-refractivity contribution in [2.24, 2.45) is 5.41 Å². The first-order chi connectivity index (χ1) is 9.35. The van der Waals surface area contributed by atoms with Crippen molar-refractivity contribution < 1.29 is 9.84 Å². The molecule has 0 atom stereocenters. The van der Waals surface area contributed by atoms with Crippen LogP contribution in [0.4, 0.5) is 5.82 Å². The van der Waals surface area contributed by atoms with E-state index in [1.54, 1.807) is 0 Å². The standard InChI is InChI=1S/C14H23N3O3/c1-13(2)4-6-14(19,7-5-13)8-15-11-10(20-3)12(18)17-9-16-11/h9,19H,4-8H2,1-3H3,(H2,15,16,17,18). The first-order valence-corrected chi connectivity index (χ1v) is 6.93. The van der Waals surface area contributed by atoms with Gasteiger partial charge in [0, 0.05) is 6.54 Å². The van der Waals surface area contributed by atoms with Gasteiger partial charge in [0.05, 0.1) is 19.0 Å². The Kier molecular flexibility index (Phi) is 4.04. The number of nitrogens with zero attached hydrogens (tertiary/aromatic N) is 1. The van der Waals surface area contributed by atoms with Crippen LogP contribution >= 0.6 is 0 Å². The summed E-state index contributed by atoms with van der Waals surface area (Å²) in [5.74, 6) is 0.516. The summed E-state index contributed by atoms with van der Waals surface area (Å²) in [5, 5.41) is 13.6. The molecule has 0 saturated heterocycles. The van der Waals surface area contributed by atoms with E-state index in [0.717, 1.165) is 25.7 Å². The highest BCUT2D eigenvalue weighted by atomic mass is 16.5. The van der Waals surface area contributed by atoms with Gasteiger partial charge in [0.1, 0.15) is 0 Å². The van der Waals surface area contributed by atoms with Crippen LogP contribution in [0, 0.1) is 5.41 Å². The van der Waals surface area contributed by atoms with Gasteiger partial charge in [-0.05, 0) is 31.1 Å². The van der Waals surface area contributed by atoms with Crippen LogP contribution in [0.5, 0.6) is 5.75 Å². The fourth-order valence-electron chi connectivity index (χ4n) is 2.52. The van der Waals surface area contributed by atoms with Crippen molar-refractivity contribution in [2.75, 3.05) is 19.0 Å². The van der Waals surface area contributed by atoms with Crippen LogP contribution in [0.2, 0.25) is 0 Å². The maximum Gasteiger partial charge on any atom is 0.295 e. The summed E-state index contributed by atoms with van der Waals surface area (Å²) in [6.07, 6.45) is 4.80. The number of methoxy groups -OCH3 is 1. The van der Waals surface area contributed by atoms with Crippen LogP contribution < -0.4 is 15.6 Å². The Balaban J connectivity index is 2.02. The highest BCUT2D eigenvalue weighted by Gasteiger charge is 2.36. The third kappa shape index (κ3) is 3.30. The van der Waals surface area contributed by atoms with Gasteiger partial charge in [0.15, 0.2) is 5.82 Å². The molecule has 0 aliphatic heterocycles. The number of hydrogen-bond acceptors (Lipinski definition) is 5. The lowest BCUT2D eigenvalue weighted by atomic mass is 9.71. The van der Waals surface area contributed by atoms with E-state index in [0.29, 0.717) is 17.8 Å². The van der Waals surface area contributed by atoms with Gasteiger partial charge in [-0.1, -0.05) is 13.8 Å². The topological polar surface area (TPSA) is 87.2 Å². The summed E-state index contributed by atoms with van der Waals surface area (Å²) in [6, 6.07) is 0. The Labute approximate surface area is 118 Å². The van der Waals surface area contributed by atoms with Crippen LogP contribution in [-0.4, -0.2) is 34.3 Å². The quantitative estimate of drug-likeness (QED) is 0.779. The second-order valence-electron chi connectivity index (χ2n) is 6.36. The van der Waals surface area contributed by atoms with E-state index in [1.165, 1.54) is 13.4 Å². The van der Waals surface area contributed by atoms with Crippen molar-refractivity contribution in [3.8, 4) is 5.75 Å². The number of aromatic amines is 1. The van der Waals surface area contributed by atoms with Crippen LogP contribution in [-0.2, 0) is 0 Å². The molecule has 1 aliphatic carbocycles. The number of anilines is 1. The summed E-state index contributed by atoms with van der Waals surface area (Å²) in [7, 11) is 1.43. The summed E-state index contributed by atoms with van der Waals surface area (Å²) < 4.78 is 5.03. The van der Waals surface area contributed by atoms with Crippen molar-refractivity contribution in [2.45, 2.75) is 45.1 Å². The molecule has 1 aromatic heterocycles. The molecule has 1 fully saturated rings. The Morgan fingerprint density at radius 3 is 2.65 bits per heavy atom. The van der Waals surface area contributed by atoms with Gasteiger partial charge in [-0.15, -0.1) is 0 Å². The summed E-state index contributed by atoms with van der Waals surface area (Å²) >= 11 is 0. The molecule has 112 valence electrons. The lowest BCUT2D eigenvalue weighted by Crippen LogP contribution is -2.42. The molecule has 0 amide bonds. The first kappa shape index (κ1) is 14.8. The van der Waals surface area contributed by atoms with Gasteiger partial charge in [-0.3, -0.25) is 4.79 Å². The molecule has 0 bridgehead atoms. The summed E-state index contributed by atoms with van der Waals surface area (Å²) in [4.78, 5) is 18.1. The fraction of sp³-hybridized carbons (Fsp3) is 0.714. The summed E-state index contributed by atoms with van der Waals surface area (Å²) in [5.41, 5.74) is -0.779. The monoisotopic (exact) mass is 281 g/mol. The Bertz CT molecular complexity index is 515. The van der Waals surface area contributed by atoms with E-state index >= 15 is 0 Å². The van der Waals surface area contributed by atoms with Crippen LogP contribution in [0.25, 0.3) is 0 Å². The van der Waals surface area contributed by atoms with Crippen LogP contribution in [0.3, 0.4) is 0 Å². The molecule has 6 nitrogen and oxygen atoms in total. The Hall–Kier alpha value is -1.56. The second kappa shape index (κ2) is 5.44. The molecule has 0 spiro atoms. The highest BCUT2D eigenvalue weighted by Crippen LogP contribution is 2.40. The van der Waals surface area contributed by atoms with Crippen molar-refractivity contribution in [1.82, 2.24) is 9.97 Å². The molecule has 2 rings (SSSR count). The number of rotatable bonds is 4. The lowest BCUT2D eigenvalue weighted by molar-refractivity contribution is -0.0146. The Morgan fingerprint density at radius 1 is 1.40 bits per heavy atom. The average molecular weight is 281 g/mol. The van der Waals surface area contributed by atoms with Crippen molar-refractivity contribution in [1.29, 1.82) is 0 Å². The number of aliphatic hydroxyl groups is 1. The molecule has 3 N–H and O–H groups in total. The smallest absolute Gasteiger partial charge is 0.295 e. The van der Waals surface area contributed by atoms with Crippen LogP contribution in [0.1, 0.15) is 39.5 Å². The van der Waals surface area contributed by atoms with Gasteiger partial charge in [0.25, 0.3) is 5.56 Å². The molecular formula is C14H23N3O3. The first-order valence-electron chi connectivity index (χ1n) is 6.93. The maximum absolute atomic E-state index is 11.6. The highest BCUT2D eigenvalue weighted by molar-refractivity contribution is 5.48. The molecular weight excluding hydrogens is 258 g/mol.